The Kier molecular flexibility index (Phi) is 8.79. The van der Waals surface area contributed by atoms with E-state index < -0.39 is 10.1 Å². The van der Waals surface area contributed by atoms with Crippen molar-refractivity contribution in [3.8, 4) is 0 Å². The summed E-state index contributed by atoms with van der Waals surface area (Å²) in [4.78, 5) is 12.1. The monoisotopic (exact) mass is 406 g/mol. The first kappa shape index (κ1) is 20.1. The van der Waals surface area contributed by atoms with Crippen LogP contribution in [0.3, 0.4) is 0 Å². The molecule has 0 spiro atoms. The van der Waals surface area contributed by atoms with Crippen LogP contribution >= 0.6 is 15.9 Å². The fourth-order valence-corrected chi connectivity index (χ4v) is 2.86. The molecule has 1 aromatic carbocycles. The Hall–Kier alpha value is -0.920. The van der Waals surface area contributed by atoms with Crippen molar-refractivity contribution in [2.75, 3.05) is 19.5 Å². The average molecular weight is 407 g/mol. The third kappa shape index (κ3) is 9.07. The van der Waals surface area contributed by atoms with Gasteiger partial charge in [-0.2, -0.15) is 8.42 Å². The van der Waals surface area contributed by atoms with Crippen LogP contribution in [0.1, 0.15) is 31.7 Å². The summed E-state index contributed by atoms with van der Waals surface area (Å²) in [7, 11) is -3.40. The van der Waals surface area contributed by atoms with Crippen molar-refractivity contribution >= 4 is 32.0 Å². The molecule has 0 amide bonds. The highest BCUT2D eigenvalue weighted by molar-refractivity contribution is 9.10. The molecule has 0 bridgehead atoms. The lowest BCUT2D eigenvalue weighted by Crippen LogP contribution is -2.20. The van der Waals surface area contributed by atoms with E-state index in [9.17, 15) is 13.2 Å². The Morgan fingerprint density at radius 2 is 1.87 bits per heavy atom. The summed E-state index contributed by atoms with van der Waals surface area (Å²) in [6.45, 7) is 2.29. The van der Waals surface area contributed by atoms with Crippen molar-refractivity contribution in [3.63, 3.8) is 0 Å². The predicted octanol–water partition coefficient (Wildman–Crippen LogP) is 3.32. The van der Waals surface area contributed by atoms with Crippen LogP contribution in [0.15, 0.2) is 28.7 Å². The van der Waals surface area contributed by atoms with E-state index in [4.69, 9.17) is 8.92 Å². The lowest BCUT2D eigenvalue weighted by Gasteiger charge is -2.15. The van der Waals surface area contributed by atoms with Gasteiger partial charge in [-0.3, -0.25) is 8.98 Å². The SMILES string of the molecule is CCOC(=O)C(CCCCOS(C)(=O)=O)Cc1ccc(Br)cc1. The zero-order chi connectivity index (χ0) is 17.3. The van der Waals surface area contributed by atoms with E-state index in [1.54, 1.807) is 6.92 Å². The molecule has 0 fully saturated rings. The fraction of sp³-hybridized carbons (Fsp3) is 0.562. The van der Waals surface area contributed by atoms with E-state index >= 15 is 0 Å². The van der Waals surface area contributed by atoms with E-state index in [0.717, 1.165) is 16.3 Å². The molecule has 1 atom stereocenters. The fourth-order valence-electron chi connectivity index (χ4n) is 2.17. The normalized spacial score (nSPS) is 12.8. The van der Waals surface area contributed by atoms with Crippen LogP contribution < -0.4 is 0 Å². The number of benzene rings is 1. The van der Waals surface area contributed by atoms with Crippen LogP contribution in [0.25, 0.3) is 0 Å². The summed E-state index contributed by atoms with van der Waals surface area (Å²) in [5.41, 5.74) is 1.07. The number of ether oxygens (including phenoxy) is 1. The summed E-state index contributed by atoms with van der Waals surface area (Å²) in [6, 6.07) is 7.83. The Bertz CT molecular complexity index is 583. The second-order valence-corrected chi connectivity index (χ2v) is 7.86. The van der Waals surface area contributed by atoms with Gasteiger partial charge in [0.15, 0.2) is 0 Å². The Morgan fingerprint density at radius 1 is 1.22 bits per heavy atom. The van der Waals surface area contributed by atoms with Crippen molar-refractivity contribution in [1.29, 1.82) is 0 Å². The molecule has 130 valence electrons. The standard InChI is InChI=1S/C16H23BrO5S/c1-3-21-16(18)14(6-4-5-11-22-23(2,19)20)12-13-7-9-15(17)10-8-13/h7-10,14H,3-6,11-12H2,1-2H3. The van der Waals surface area contributed by atoms with Crippen molar-refractivity contribution in [1.82, 2.24) is 0 Å². The molecule has 0 heterocycles. The van der Waals surface area contributed by atoms with Crippen molar-refractivity contribution < 1.29 is 22.1 Å². The van der Waals surface area contributed by atoms with E-state index in [-0.39, 0.29) is 18.5 Å². The molecule has 1 aromatic rings. The van der Waals surface area contributed by atoms with E-state index in [1.807, 2.05) is 24.3 Å². The summed E-state index contributed by atoms with van der Waals surface area (Å²) < 4.78 is 32.6. The molecule has 0 aliphatic heterocycles. The average Bonchev–Trinajstić information content (AvgIpc) is 2.47. The van der Waals surface area contributed by atoms with Crippen LogP contribution in [-0.2, 0) is 30.3 Å². The van der Waals surface area contributed by atoms with Crippen LogP contribution in [0.2, 0.25) is 0 Å². The molecule has 0 saturated heterocycles. The highest BCUT2D eigenvalue weighted by Gasteiger charge is 2.20. The third-order valence-electron chi connectivity index (χ3n) is 3.26. The molecule has 0 radical (unpaired) electrons. The zero-order valence-electron chi connectivity index (χ0n) is 13.5. The van der Waals surface area contributed by atoms with E-state index in [1.165, 1.54) is 0 Å². The second-order valence-electron chi connectivity index (χ2n) is 5.30. The molecule has 5 nitrogen and oxygen atoms in total. The first-order valence-corrected chi connectivity index (χ1v) is 10.2. The van der Waals surface area contributed by atoms with Gasteiger partial charge in [-0.05, 0) is 43.9 Å². The molecule has 0 aliphatic carbocycles. The molecule has 0 saturated carbocycles. The quantitative estimate of drug-likeness (QED) is 0.338. The first-order chi connectivity index (χ1) is 10.8. The summed E-state index contributed by atoms with van der Waals surface area (Å²) in [5.74, 6) is -0.436. The van der Waals surface area contributed by atoms with Gasteiger partial charge in [-0.15, -0.1) is 0 Å². The first-order valence-electron chi connectivity index (χ1n) is 7.57. The van der Waals surface area contributed by atoms with Gasteiger partial charge in [0.05, 0.1) is 25.4 Å². The lowest BCUT2D eigenvalue weighted by molar-refractivity contribution is -0.148. The second kappa shape index (κ2) is 10.1. The number of rotatable bonds is 10. The minimum Gasteiger partial charge on any atom is -0.466 e. The summed E-state index contributed by atoms with van der Waals surface area (Å²) >= 11 is 3.39. The van der Waals surface area contributed by atoms with E-state index in [0.29, 0.717) is 32.3 Å². The van der Waals surface area contributed by atoms with Gasteiger partial charge in [0, 0.05) is 4.47 Å². The Labute approximate surface area is 146 Å². The lowest BCUT2D eigenvalue weighted by atomic mass is 9.94. The van der Waals surface area contributed by atoms with Crippen molar-refractivity contribution in [3.05, 3.63) is 34.3 Å². The van der Waals surface area contributed by atoms with Gasteiger partial charge in [0.1, 0.15) is 0 Å². The number of unbranched alkanes of at least 4 members (excludes halogenated alkanes) is 1. The number of hydrogen-bond acceptors (Lipinski definition) is 5. The zero-order valence-corrected chi connectivity index (χ0v) is 15.9. The van der Waals surface area contributed by atoms with Gasteiger partial charge in [0.2, 0.25) is 0 Å². The topological polar surface area (TPSA) is 69.7 Å². The number of esters is 1. The van der Waals surface area contributed by atoms with Crippen LogP contribution in [0.5, 0.6) is 0 Å². The minimum absolute atomic E-state index is 0.145. The molecule has 1 unspecified atom stereocenters. The Morgan fingerprint density at radius 3 is 2.43 bits per heavy atom. The highest BCUT2D eigenvalue weighted by Crippen LogP contribution is 2.19. The summed E-state index contributed by atoms with van der Waals surface area (Å²) in [6.07, 6.45) is 3.57. The van der Waals surface area contributed by atoms with Crippen LogP contribution in [-0.4, -0.2) is 33.9 Å². The smallest absolute Gasteiger partial charge is 0.309 e. The van der Waals surface area contributed by atoms with Gasteiger partial charge in [-0.25, -0.2) is 0 Å². The predicted molar refractivity (Wildman–Crippen MR) is 92.6 cm³/mol. The number of carbonyl (C=O) groups excluding carboxylic acids is 1. The van der Waals surface area contributed by atoms with Crippen molar-refractivity contribution in [2.24, 2.45) is 5.92 Å². The largest absolute Gasteiger partial charge is 0.466 e. The number of halogens is 1. The highest BCUT2D eigenvalue weighted by atomic mass is 79.9. The van der Waals surface area contributed by atoms with E-state index in [2.05, 4.69) is 15.9 Å². The maximum absolute atomic E-state index is 12.1. The van der Waals surface area contributed by atoms with Crippen molar-refractivity contribution in [2.45, 2.75) is 32.6 Å². The van der Waals surface area contributed by atoms with Gasteiger partial charge in [-0.1, -0.05) is 34.5 Å². The molecule has 0 aliphatic rings. The van der Waals surface area contributed by atoms with Crippen LogP contribution in [0.4, 0.5) is 0 Å². The molecular formula is C16H23BrO5S. The number of hydrogen-bond donors (Lipinski definition) is 0. The number of carbonyl (C=O) groups is 1. The maximum Gasteiger partial charge on any atom is 0.309 e. The summed E-state index contributed by atoms with van der Waals surface area (Å²) in [5, 5.41) is 0. The molecule has 7 heteroatoms. The van der Waals surface area contributed by atoms with Gasteiger partial charge >= 0.3 is 5.97 Å². The minimum atomic E-state index is -3.40. The molecule has 0 N–H and O–H groups in total. The Balaban J connectivity index is 2.52. The van der Waals surface area contributed by atoms with Gasteiger partial charge in [0.25, 0.3) is 10.1 Å². The maximum atomic E-state index is 12.1. The molecule has 23 heavy (non-hydrogen) atoms. The molecule has 1 rings (SSSR count). The van der Waals surface area contributed by atoms with Gasteiger partial charge < -0.3 is 4.74 Å². The van der Waals surface area contributed by atoms with Crippen LogP contribution in [0, 0.1) is 5.92 Å². The molecule has 0 aromatic heterocycles. The third-order valence-corrected chi connectivity index (χ3v) is 4.38. The molecular weight excluding hydrogens is 384 g/mol.